The summed E-state index contributed by atoms with van der Waals surface area (Å²) in [5, 5.41) is 23.8. The number of nitrogens with one attached hydrogen (secondary N) is 1. The average molecular weight is 318 g/mol. The Hall–Kier alpha value is -1.25. The third-order valence-electron chi connectivity index (χ3n) is 2.75. The zero-order chi connectivity index (χ0) is 13.2. The smallest absolute Gasteiger partial charge is 0.311 e. The summed E-state index contributed by atoms with van der Waals surface area (Å²) < 4.78 is 5.59. The van der Waals surface area contributed by atoms with Crippen LogP contribution in [-0.4, -0.2) is 40.4 Å². The molecular formula is C10H12BrN3O4. The number of rotatable bonds is 4. The van der Waals surface area contributed by atoms with E-state index in [9.17, 15) is 15.2 Å². The molecule has 1 aliphatic rings. The Labute approximate surface area is 111 Å². The van der Waals surface area contributed by atoms with Gasteiger partial charge in [-0.25, -0.2) is 0 Å². The molecule has 2 rings (SSSR count). The van der Waals surface area contributed by atoms with Crippen LogP contribution in [-0.2, 0) is 4.74 Å². The Morgan fingerprint density at radius 3 is 3.06 bits per heavy atom. The third kappa shape index (κ3) is 2.77. The van der Waals surface area contributed by atoms with Gasteiger partial charge in [-0.05, 0) is 15.9 Å². The average Bonchev–Trinajstić information content (AvgIpc) is 2.74. The van der Waals surface area contributed by atoms with Crippen LogP contribution in [0.25, 0.3) is 0 Å². The minimum atomic E-state index is -0.976. The normalized spacial score (nSPS) is 23.0. The maximum absolute atomic E-state index is 10.9. The van der Waals surface area contributed by atoms with Crippen molar-refractivity contribution in [1.82, 2.24) is 4.98 Å². The summed E-state index contributed by atoms with van der Waals surface area (Å²) in [5.41, 5.74) is -0.793. The summed E-state index contributed by atoms with van der Waals surface area (Å²) in [6.45, 7) is 0.921. The highest BCUT2D eigenvalue weighted by Crippen LogP contribution is 2.32. The van der Waals surface area contributed by atoms with Crippen molar-refractivity contribution in [3.63, 3.8) is 0 Å². The van der Waals surface area contributed by atoms with Crippen LogP contribution >= 0.6 is 15.9 Å². The predicted molar refractivity (Wildman–Crippen MR) is 67.5 cm³/mol. The minimum Gasteiger partial charge on any atom is -0.386 e. The molecular weight excluding hydrogens is 306 g/mol. The monoisotopic (exact) mass is 317 g/mol. The van der Waals surface area contributed by atoms with E-state index in [4.69, 9.17) is 4.74 Å². The predicted octanol–water partition coefficient (Wildman–Crippen LogP) is 1.32. The van der Waals surface area contributed by atoms with E-state index in [2.05, 4.69) is 26.2 Å². The quantitative estimate of drug-likeness (QED) is 0.642. The lowest BCUT2D eigenvalue weighted by atomic mass is 10.0. The molecule has 0 bridgehead atoms. The molecule has 2 N–H and O–H groups in total. The molecule has 0 amide bonds. The fourth-order valence-electron chi connectivity index (χ4n) is 1.73. The lowest BCUT2D eigenvalue weighted by molar-refractivity contribution is -0.384. The zero-order valence-corrected chi connectivity index (χ0v) is 11.0. The van der Waals surface area contributed by atoms with E-state index in [0.717, 1.165) is 0 Å². The van der Waals surface area contributed by atoms with Crippen LogP contribution in [0.4, 0.5) is 11.4 Å². The summed E-state index contributed by atoms with van der Waals surface area (Å²) in [5.74, 6) is 0. The second-order valence-electron chi connectivity index (χ2n) is 4.15. The van der Waals surface area contributed by atoms with E-state index >= 15 is 0 Å². The Morgan fingerprint density at radius 2 is 2.44 bits per heavy atom. The number of hydrogen-bond donors (Lipinski definition) is 2. The molecule has 18 heavy (non-hydrogen) atoms. The van der Waals surface area contributed by atoms with Crippen molar-refractivity contribution in [2.75, 3.05) is 25.1 Å². The SMILES string of the molecule is O=[N+]([O-])c1cncc(Br)c1NCC1(O)CCOC1. The van der Waals surface area contributed by atoms with Crippen LogP contribution in [0, 0.1) is 10.1 Å². The van der Waals surface area contributed by atoms with E-state index < -0.39 is 10.5 Å². The first-order chi connectivity index (χ1) is 8.52. The molecule has 1 atom stereocenters. The van der Waals surface area contributed by atoms with Gasteiger partial charge < -0.3 is 15.2 Å². The Balaban J connectivity index is 2.15. The fourth-order valence-corrected chi connectivity index (χ4v) is 2.19. The number of nitrogens with zero attached hydrogens (tertiary/aromatic N) is 2. The maximum atomic E-state index is 10.9. The van der Waals surface area contributed by atoms with Gasteiger partial charge in [-0.1, -0.05) is 0 Å². The van der Waals surface area contributed by atoms with Gasteiger partial charge in [0.2, 0.25) is 0 Å². The highest BCUT2D eigenvalue weighted by molar-refractivity contribution is 9.10. The van der Waals surface area contributed by atoms with E-state index in [1.54, 1.807) is 0 Å². The zero-order valence-electron chi connectivity index (χ0n) is 9.43. The van der Waals surface area contributed by atoms with Gasteiger partial charge in [0.1, 0.15) is 17.5 Å². The van der Waals surface area contributed by atoms with Crippen molar-refractivity contribution in [3.05, 3.63) is 27.0 Å². The first-order valence-electron chi connectivity index (χ1n) is 5.34. The van der Waals surface area contributed by atoms with Crippen molar-refractivity contribution in [2.45, 2.75) is 12.0 Å². The Bertz CT molecular complexity index is 462. The second kappa shape index (κ2) is 5.17. The van der Waals surface area contributed by atoms with Crippen molar-refractivity contribution < 1.29 is 14.8 Å². The van der Waals surface area contributed by atoms with Gasteiger partial charge in [0.15, 0.2) is 0 Å². The molecule has 1 aliphatic heterocycles. The number of anilines is 1. The molecule has 1 unspecified atom stereocenters. The van der Waals surface area contributed by atoms with Crippen molar-refractivity contribution in [2.24, 2.45) is 0 Å². The topological polar surface area (TPSA) is 97.5 Å². The van der Waals surface area contributed by atoms with E-state index in [1.807, 2.05) is 0 Å². The van der Waals surface area contributed by atoms with Crippen molar-refractivity contribution in [3.8, 4) is 0 Å². The van der Waals surface area contributed by atoms with Gasteiger partial charge >= 0.3 is 5.69 Å². The molecule has 1 saturated heterocycles. The third-order valence-corrected chi connectivity index (χ3v) is 3.35. The van der Waals surface area contributed by atoms with Gasteiger partial charge in [-0.2, -0.15) is 0 Å². The lowest BCUT2D eigenvalue weighted by Crippen LogP contribution is -2.37. The largest absolute Gasteiger partial charge is 0.386 e. The van der Waals surface area contributed by atoms with Crippen LogP contribution in [0.1, 0.15) is 6.42 Å². The van der Waals surface area contributed by atoms with Crippen LogP contribution < -0.4 is 5.32 Å². The molecule has 0 saturated carbocycles. The van der Waals surface area contributed by atoms with Crippen LogP contribution in [0.3, 0.4) is 0 Å². The minimum absolute atomic E-state index is 0.133. The summed E-state index contributed by atoms with van der Waals surface area (Å²) in [7, 11) is 0. The van der Waals surface area contributed by atoms with Crippen molar-refractivity contribution >= 4 is 27.3 Å². The van der Waals surface area contributed by atoms with Gasteiger partial charge in [0.05, 0.1) is 16.0 Å². The number of aromatic nitrogens is 1. The summed E-state index contributed by atoms with van der Waals surface area (Å²) in [4.78, 5) is 14.1. The van der Waals surface area contributed by atoms with Crippen molar-refractivity contribution in [1.29, 1.82) is 0 Å². The van der Waals surface area contributed by atoms with Gasteiger partial charge in [-0.3, -0.25) is 15.1 Å². The Kier molecular flexibility index (Phi) is 3.79. The van der Waals surface area contributed by atoms with E-state index in [-0.39, 0.29) is 18.8 Å². The first-order valence-corrected chi connectivity index (χ1v) is 6.13. The Morgan fingerprint density at radius 1 is 1.67 bits per heavy atom. The van der Waals surface area contributed by atoms with Crippen LogP contribution in [0.2, 0.25) is 0 Å². The molecule has 0 radical (unpaired) electrons. The molecule has 0 aliphatic carbocycles. The number of pyridine rings is 1. The highest BCUT2D eigenvalue weighted by atomic mass is 79.9. The number of aliphatic hydroxyl groups is 1. The molecule has 1 aromatic heterocycles. The molecule has 98 valence electrons. The number of ether oxygens (including phenoxy) is 1. The second-order valence-corrected chi connectivity index (χ2v) is 5.01. The standard InChI is InChI=1S/C10H12BrN3O4/c11-7-3-12-4-8(14(16)17)9(7)13-5-10(15)1-2-18-6-10/h3-4,15H,1-2,5-6H2,(H,12,13). The summed E-state index contributed by atoms with van der Waals surface area (Å²) >= 11 is 3.20. The lowest BCUT2D eigenvalue weighted by Gasteiger charge is -2.21. The molecule has 8 heteroatoms. The van der Waals surface area contributed by atoms with E-state index in [1.165, 1.54) is 12.4 Å². The molecule has 2 heterocycles. The fraction of sp³-hybridized carbons (Fsp3) is 0.500. The summed E-state index contributed by atoms with van der Waals surface area (Å²) in [6.07, 6.45) is 3.14. The molecule has 1 aromatic rings. The van der Waals surface area contributed by atoms with E-state index in [0.29, 0.717) is 23.2 Å². The maximum Gasteiger partial charge on any atom is 0.311 e. The molecule has 0 aromatic carbocycles. The molecule has 1 fully saturated rings. The van der Waals surface area contributed by atoms with Crippen LogP contribution in [0.15, 0.2) is 16.9 Å². The van der Waals surface area contributed by atoms with Gasteiger partial charge in [0.25, 0.3) is 0 Å². The number of halogens is 1. The van der Waals surface area contributed by atoms with Gasteiger partial charge in [-0.15, -0.1) is 0 Å². The number of nitro groups is 1. The van der Waals surface area contributed by atoms with Gasteiger partial charge in [0, 0.05) is 25.8 Å². The number of hydrogen-bond acceptors (Lipinski definition) is 6. The van der Waals surface area contributed by atoms with Crippen LogP contribution in [0.5, 0.6) is 0 Å². The summed E-state index contributed by atoms with van der Waals surface area (Å²) in [6, 6.07) is 0. The molecule has 7 nitrogen and oxygen atoms in total. The molecule has 0 spiro atoms. The highest BCUT2D eigenvalue weighted by Gasteiger charge is 2.33. The first kappa shape index (κ1) is 13.2.